The van der Waals surface area contributed by atoms with Gasteiger partial charge in [-0.1, -0.05) is 150 Å². The Morgan fingerprint density at radius 1 is 0.611 bits per heavy atom. The molecule has 0 aromatic carbocycles. The van der Waals surface area contributed by atoms with Crippen LogP contribution in [-0.2, 0) is 28.2 Å². The second kappa shape index (κ2) is 37.1. The SMILES string of the molecule is CC/C=C\C[C@H](O)/C=C/C=C\C/C=C\C=C\[C@H](O)/C=C\CCCC(=O)O[C@H](COC(=O)CCCCCCC/C=C\CCCCCCCC)COP(=O)(O)O. The zero-order valence-corrected chi connectivity index (χ0v) is 34.0. The van der Waals surface area contributed by atoms with Crippen molar-refractivity contribution in [1.29, 1.82) is 0 Å². The molecule has 0 aliphatic heterocycles. The molecule has 0 fully saturated rings. The number of esters is 2. The molecule has 54 heavy (non-hydrogen) atoms. The molecule has 0 spiro atoms. The summed E-state index contributed by atoms with van der Waals surface area (Å²) in [6.07, 6.45) is 42.3. The van der Waals surface area contributed by atoms with Crippen LogP contribution in [0.5, 0.6) is 0 Å². The smallest absolute Gasteiger partial charge is 0.462 e. The number of carbonyl (C=O) groups excluding carboxylic acids is 2. The summed E-state index contributed by atoms with van der Waals surface area (Å²) in [7, 11) is -4.82. The van der Waals surface area contributed by atoms with Crippen molar-refractivity contribution in [2.24, 2.45) is 0 Å². The van der Waals surface area contributed by atoms with Crippen molar-refractivity contribution in [3.8, 4) is 0 Å². The molecule has 0 unspecified atom stereocenters. The molecule has 0 rings (SSSR count). The first kappa shape index (κ1) is 51.1. The molecule has 10 nitrogen and oxygen atoms in total. The number of phosphoric ester groups is 1. The van der Waals surface area contributed by atoms with Gasteiger partial charge in [-0.3, -0.25) is 14.1 Å². The summed E-state index contributed by atoms with van der Waals surface area (Å²) >= 11 is 0. The Bertz CT molecular complexity index is 1180. The van der Waals surface area contributed by atoms with E-state index in [4.69, 9.17) is 19.3 Å². The van der Waals surface area contributed by atoms with Crippen LogP contribution in [0.15, 0.2) is 85.1 Å². The van der Waals surface area contributed by atoms with Crippen molar-refractivity contribution in [1.82, 2.24) is 0 Å². The van der Waals surface area contributed by atoms with E-state index >= 15 is 0 Å². The molecule has 3 atom stereocenters. The van der Waals surface area contributed by atoms with E-state index in [2.05, 4.69) is 30.5 Å². The fraction of sp³-hybridized carbons (Fsp3) is 0.628. The van der Waals surface area contributed by atoms with Crippen molar-refractivity contribution in [3.05, 3.63) is 85.1 Å². The van der Waals surface area contributed by atoms with Crippen LogP contribution in [0, 0.1) is 0 Å². The third-order valence-corrected chi connectivity index (χ3v) is 8.56. The van der Waals surface area contributed by atoms with Gasteiger partial charge in [-0.25, -0.2) is 4.57 Å². The van der Waals surface area contributed by atoms with E-state index in [0.29, 0.717) is 32.1 Å². The fourth-order valence-corrected chi connectivity index (χ4v) is 5.41. The standard InChI is InChI=1S/C43H71O10P/c1-3-5-7-8-9-10-11-12-13-14-15-16-20-23-29-35-42(46)51-37-41(38-52-54(48,49)50)53-43(47)36-30-24-28-34-40(45)33-27-22-19-17-18-21-26-32-39(44)31-25-6-4-2/h6,12-13,18-19,21-22,25-28,32-34,39-41,44-45H,3-5,7-11,14-17,20,23-24,29-31,35-38H2,1-2H3,(H2,48,49,50)/b13-12-,21-18-,22-19-,25-6-,32-26+,33-27+,34-28-/t39-,40-,41+/m0/s1. The molecular weight excluding hydrogens is 707 g/mol. The number of unbranched alkanes of at least 4 members (excludes halogenated alkanes) is 12. The van der Waals surface area contributed by atoms with Crippen LogP contribution in [0.4, 0.5) is 0 Å². The molecule has 0 radical (unpaired) electrons. The van der Waals surface area contributed by atoms with Gasteiger partial charge in [0.15, 0.2) is 6.10 Å². The third kappa shape index (κ3) is 38.9. The van der Waals surface area contributed by atoms with Gasteiger partial charge in [0, 0.05) is 12.8 Å². The molecule has 308 valence electrons. The fourth-order valence-electron chi connectivity index (χ4n) is 5.05. The Kier molecular flexibility index (Phi) is 35.1. The van der Waals surface area contributed by atoms with Gasteiger partial charge in [0.1, 0.15) is 6.61 Å². The Morgan fingerprint density at radius 2 is 1.20 bits per heavy atom. The first-order chi connectivity index (χ1) is 26.1. The minimum Gasteiger partial charge on any atom is -0.462 e. The van der Waals surface area contributed by atoms with Gasteiger partial charge < -0.3 is 29.5 Å². The summed E-state index contributed by atoms with van der Waals surface area (Å²) < 4.78 is 26.2. The second-order valence-corrected chi connectivity index (χ2v) is 14.5. The van der Waals surface area contributed by atoms with E-state index in [1.807, 2.05) is 42.5 Å². The number of phosphoric acid groups is 1. The lowest BCUT2D eigenvalue weighted by Gasteiger charge is -2.18. The van der Waals surface area contributed by atoms with Crippen molar-refractivity contribution in [2.45, 2.75) is 161 Å². The van der Waals surface area contributed by atoms with Crippen molar-refractivity contribution in [3.63, 3.8) is 0 Å². The number of carbonyl (C=O) groups is 2. The second-order valence-electron chi connectivity index (χ2n) is 13.3. The quantitative estimate of drug-likeness (QED) is 0.0160. The van der Waals surface area contributed by atoms with Gasteiger partial charge >= 0.3 is 19.8 Å². The number of ether oxygens (including phenoxy) is 2. The van der Waals surface area contributed by atoms with E-state index in [1.165, 1.54) is 38.5 Å². The predicted octanol–water partition coefficient (Wildman–Crippen LogP) is 10.0. The molecule has 0 saturated heterocycles. The Balaban J connectivity index is 4.25. The monoisotopic (exact) mass is 778 g/mol. The van der Waals surface area contributed by atoms with E-state index < -0.39 is 44.7 Å². The number of hydrogen-bond acceptors (Lipinski definition) is 8. The van der Waals surface area contributed by atoms with Crippen LogP contribution in [0.25, 0.3) is 0 Å². The predicted molar refractivity (Wildman–Crippen MR) is 219 cm³/mol. The maximum absolute atomic E-state index is 12.4. The Labute approximate surface area is 326 Å². The topological polar surface area (TPSA) is 160 Å². The molecule has 0 bridgehead atoms. The van der Waals surface area contributed by atoms with Crippen molar-refractivity contribution >= 4 is 19.8 Å². The highest BCUT2D eigenvalue weighted by Crippen LogP contribution is 2.36. The lowest BCUT2D eigenvalue weighted by Crippen LogP contribution is -2.29. The highest BCUT2D eigenvalue weighted by Gasteiger charge is 2.22. The Hall–Kier alpha value is -2.85. The first-order valence-corrected chi connectivity index (χ1v) is 21.6. The molecule has 0 saturated carbocycles. The highest BCUT2D eigenvalue weighted by molar-refractivity contribution is 7.46. The summed E-state index contributed by atoms with van der Waals surface area (Å²) in [4.78, 5) is 42.8. The largest absolute Gasteiger partial charge is 0.469 e. The van der Waals surface area contributed by atoms with E-state index in [-0.39, 0.29) is 19.4 Å². The Morgan fingerprint density at radius 3 is 1.85 bits per heavy atom. The average Bonchev–Trinajstić information content (AvgIpc) is 3.13. The van der Waals surface area contributed by atoms with Gasteiger partial charge in [-0.15, -0.1) is 0 Å². The molecule has 0 aliphatic carbocycles. The molecule has 0 heterocycles. The molecule has 0 aromatic heterocycles. The van der Waals surface area contributed by atoms with E-state index in [1.54, 1.807) is 30.4 Å². The minimum atomic E-state index is -4.82. The van der Waals surface area contributed by atoms with Crippen LogP contribution in [0.2, 0.25) is 0 Å². The molecule has 0 aromatic rings. The van der Waals surface area contributed by atoms with Crippen molar-refractivity contribution < 1.29 is 48.2 Å². The summed E-state index contributed by atoms with van der Waals surface area (Å²) in [5, 5.41) is 19.9. The lowest BCUT2D eigenvalue weighted by atomic mass is 10.1. The minimum absolute atomic E-state index is 0.0197. The molecular formula is C43H71O10P. The number of aliphatic hydroxyl groups excluding tert-OH is 2. The maximum atomic E-state index is 12.4. The van der Waals surface area contributed by atoms with Gasteiger partial charge in [-0.05, 0) is 64.2 Å². The summed E-state index contributed by atoms with van der Waals surface area (Å²) in [6.45, 7) is 3.31. The molecule has 0 amide bonds. The number of rotatable bonds is 35. The zero-order chi connectivity index (χ0) is 40.0. The van der Waals surface area contributed by atoms with Gasteiger partial charge in [0.2, 0.25) is 0 Å². The van der Waals surface area contributed by atoms with E-state index in [9.17, 15) is 24.4 Å². The normalized spacial score (nSPS) is 14.6. The van der Waals surface area contributed by atoms with Crippen molar-refractivity contribution in [2.75, 3.05) is 13.2 Å². The summed E-state index contributed by atoms with van der Waals surface area (Å²) in [5.74, 6) is -1.09. The van der Waals surface area contributed by atoms with Gasteiger partial charge in [0.05, 0.1) is 18.8 Å². The van der Waals surface area contributed by atoms with Crippen LogP contribution in [0.3, 0.4) is 0 Å². The summed E-state index contributed by atoms with van der Waals surface area (Å²) in [6, 6.07) is 0. The van der Waals surface area contributed by atoms with E-state index in [0.717, 1.165) is 44.9 Å². The molecule has 11 heteroatoms. The zero-order valence-electron chi connectivity index (χ0n) is 33.1. The first-order valence-electron chi connectivity index (χ1n) is 20.1. The third-order valence-electron chi connectivity index (χ3n) is 8.07. The highest BCUT2D eigenvalue weighted by atomic mass is 31.2. The van der Waals surface area contributed by atoms with Crippen LogP contribution in [-0.4, -0.2) is 63.5 Å². The lowest BCUT2D eigenvalue weighted by molar-refractivity contribution is -0.161. The van der Waals surface area contributed by atoms with Crippen LogP contribution in [0.1, 0.15) is 142 Å². The van der Waals surface area contributed by atoms with Crippen LogP contribution >= 0.6 is 7.82 Å². The maximum Gasteiger partial charge on any atom is 0.469 e. The number of aliphatic hydroxyl groups is 2. The van der Waals surface area contributed by atoms with Gasteiger partial charge in [-0.2, -0.15) is 0 Å². The van der Waals surface area contributed by atoms with Crippen LogP contribution < -0.4 is 0 Å². The van der Waals surface area contributed by atoms with Gasteiger partial charge in [0.25, 0.3) is 0 Å². The molecule has 4 N–H and O–H groups in total. The molecule has 0 aliphatic rings. The number of hydrogen-bond donors (Lipinski definition) is 4. The number of allylic oxidation sites excluding steroid dienone is 10. The summed E-state index contributed by atoms with van der Waals surface area (Å²) in [5.41, 5.74) is 0. The average molecular weight is 779 g/mol.